The Bertz CT molecular complexity index is 628. The number of nitrogens with zero attached hydrogens (tertiary/aromatic N) is 1. The summed E-state index contributed by atoms with van der Waals surface area (Å²) in [4.78, 5) is 2.62. The molecule has 2 aliphatic rings. The van der Waals surface area contributed by atoms with E-state index in [-0.39, 0.29) is 0 Å². The van der Waals surface area contributed by atoms with E-state index < -0.39 is 0 Å². The Morgan fingerprint density at radius 2 is 1.82 bits per heavy atom. The Kier molecular flexibility index (Phi) is 3.83. The van der Waals surface area contributed by atoms with Gasteiger partial charge < -0.3 is 10.1 Å². The molecule has 4 rings (SSSR count). The van der Waals surface area contributed by atoms with Crippen LogP contribution in [-0.4, -0.2) is 31.1 Å². The first-order valence-corrected chi connectivity index (χ1v) is 8.16. The Labute approximate surface area is 131 Å². The standard InChI is InChI=1S/C19H22N2O/c1-2-6-15(7-3-1)17-14-21(12-11-20-17)18-10-13-22-19-9-5-4-8-16(18)19/h1-9,17-18,20H,10-14H2/t17-,18?/m0/s1. The van der Waals surface area contributed by atoms with Crippen LogP contribution in [0.15, 0.2) is 54.6 Å². The van der Waals surface area contributed by atoms with E-state index in [1.807, 2.05) is 0 Å². The van der Waals surface area contributed by atoms with Gasteiger partial charge in [-0.3, -0.25) is 4.90 Å². The van der Waals surface area contributed by atoms with Crippen molar-refractivity contribution in [2.45, 2.75) is 18.5 Å². The smallest absolute Gasteiger partial charge is 0.124 e. The first-order chi connectivity index (χ1) is 10.9. The van der Waals surface area contributed by atoms with Gasteiger partial charge in [0.1, 0.15) is 5.75 Å². The summed E-state index contributed by atoms with van der Waals surface area (Å²) in [5.74, 6) is 1.06. The molecule has 2 aliphatic heterocycles. The summed E-state index contributed by atoms with van der Waals surface area (Å²) in [5, 5.41) is 3.66. The second-order valence-corrected chi connectivity index (χ2v) is 6.10. The van der Waals surface area contributed by atoms with E-state index in [0.717, 1.165) is 38.4 Å². The van der Waals surface area contributed by atoms with Gasteiger partial charge in [-0.15, -0.1) is 0 Å². The Morgan fingerprint density at radius 1 is 1.00 bits per heavy atom. The first kappa shape index (κ1) is 13.8. The van der Waals surface area contributed by atoms with Crippen LogP contribution in [0.2, 0.25) is 0 Å². The summed E-state index contributed by atoms with van der Waals surface area (Å²) >= 11 is 0. The fourth-order valence-corrected chi connectivity index (χ4v) is 3.67. The van der Waals surface area contributed by atoms with Crippen molar-refractivity contribution in [2.75, 3.05) is 26.2 Å². The highest BCUT2D eigenvalue weighted by Crippen LogP contribution is 2.37. The predicted molar refractivity (Wildman–Crippen MR) is 88.1 cm³/mol. The quantitative estimate of drug-likeness (QED) is 0.921. The molecule has 0 saturated carbocycles. The number of benzene rings is 2. The monoisotopic (exact) mass is 294 g/mol. The fourth-order valence-electron chi connectivity index (χ4n) is 3.67. The van der Waals surface area contributed by atoms with Crippen LogP contribution in [-0.2, 0) is 0 Å². The SMILES string of the molecule is c1ccc([C@@H]2CN(C3CCOc4ccccc43)CCN2)cc1. The van der Waals surface area contributed by atoms with E-state index in [2.05, 4.69) is 64.8 Å². The lowest BCUT2D eigenvalue weighted by molar-refractivity contribution is 0.106. The van der Waals surface area contributed by atoms with Gasteiger partial charge in [-0.2, -0.15) is 0 Å². The molecule has 1 unspecified atom stereocenters. The molecule has 1 N–H and O–H groups in total. The second-order valence-electron chi connectivity index (χ2n) is 6.10. The Balaban J connectivity index is 1.56. The van der Waals surface area contributed by atoms with Crippen LogP contribution < -0.4 is 10.1 Å². The topological polar surface area (TPSA) is 24.5 Å². The third-order valence-corrected chi connectivity index (χ3v) is 4.78. The Morgan fingerprint density at radius 3 is 2.73 bits per heavy atom. The molecule has 2 aromatic rings. The average Bonchev–Trinajstić information content (AvgIpc) is 2.62. The van der Waals surface area contributed by atoms with Crippen molar-refractivity contribution in [2.24, 2.45) is 0 Å². The molecule has 3 nitrogen and oxygen atoms in total. The molecule has 2 aromatic carbocycles. The van der Waals surface area contributed by atoms with Gasteiger partial charge >= 0.3 is 0 Å². The van der Waals surface area contributed by atoms with Gasteiger partial charge in [-0.25, -0.2) is 0 Å². The van der Waals surface area contributed by atoms with Crippen molar-refractivity contribution in [3.8, 4) is 5.75 Å². The molecule has 2 atom stereocenters. The van der Waals surface area contributed by atoms with Gasteiger partial charge in [-0.1, -0.05) is 48.5 Å². The second kappa shape index (κ2) is 6.11. The van der Waals surface area contributed by atoms with Gasteiger partial charge in [0.2, 0.25) is 0 Å². The summed E-state index contributed by atoms with van der Waals surface area (Å²) in [6.07, 6.45) is 1.08. The zero-order valence-electron chi connectivity index (χ0n) is 12.7. The number of nitrogens with one attached hydrogen (secondary N) is 1. The van der Waals surface area contributed by atoms with Crippen molar-refractivity contribution in [3.63, 3.8) is 0 Å². The maximum absolute atomic E-state index is 5.81. The molecule has 0 bridgehead atoms. The van der Waals surface area contributed by atoms with E-state index >= 15 is 0 Å². The number of fused-ring (bicyclic) bond motifs is 1. The van der Waals surface area contributed by atoms with E-state index in [0.29, 0.717) is 12.1 Å². The molecule has 0 radical (unpaired) electrons. The predicted octanol–water partition coefficient (Wildman–Crippen LogP) is 3.16. The third-order valence-electron chi connectivity index (χ3n) is 4.78. The van der Waals surface area contributed by atoms with Crippen LogP contribution >= 0.6 is 0 Å². The van der Waals surface area contributed by atoms with Gasteiger partial charge in [0, 0.05) is 43.7 Å². The van der Waals surface area contributed by atoms with Crippen molar-refractivity contribution in [1.82, 2.24) is 10.2 Å². The highest BCUT2D eigenvalue weighted by Gasteiger charge is 2.30. The van der Waals surface area contributed by atoms with E-state index in [1.165, 1.54) is 11.1 Å². The normalized spacial score (nSPS) is 25.3. The molecular weight excluding hydrogens is 272 g/mol. The molecular formula is C19H22N2O. The number of rotatable bonds is 2. The fraction of sp³-hybridized carbons (Fsp3) is 0.368. The summed E-state index contributed by atoms with van der Waals surface area (Å²) in [5.41, 5.74) is 2.73. The van der Waals surface area contributed by atoms with Crippen molar-refractivity contribution >= 4 is 0 Å². The molecule has 0 amide bonds. The minimum absolute atomic E-state index is 0.421. The Hall–Kier alpha value is -1.84. The lowest BCUT2D eigenvalue weighted by Crippen LogP contribution is -2.48. The minimum Gasteiger partial charge on any atom is -0.493 e. The number of para-hydroxylation sites is 1. The number of hydrogen-bond donors (Lipinski definition) is 1. The summed E-state index contributed by atoms with van der Waals surface area (Å²) in [6.45, 7) is 4.02. The molecule has 3 heteroatoms. The van der Waals surface area contributed by atoms with Crippen LogP contribution in [0.3, 0.4) is 0 Å². The largest absolute Gasteiger partial charge is 0.493 e. The van der Waals surface area contributed by atoms with E-state index in [9.17, 15) is 0 Å². The molecule has 114 valence electrons. The lowest BCUT2D eigenvalue weighted by atomic mass is 9.96. The highest BCUT2D eigenvalue weighted by atomic mass is 16.5. The van der Waals surface area contributed by atoms with E-state index in [1.54, 1.807) is 0 Å². The molecule has 2 heterocycles. The zero-order valence-corrected chi connectivity index (χ0v) is 12.7. The molecule has 0 aliphatic carbocycles. The lowest BCUT2D eigenvalue weighted by Gasteiger charge is -2.41. The number of piperazine rings is 1. The van der Waals surface area contributed by atoms with Crippen molar-refractivity contribution < 1.29 is 4.74 Å². The number of ether oxygens (including phenoxy) is 1. The zero-order chi connectivity index (χ0) is 14.8. The number of hydrogen-bond acceptors (Lipinski definition) is 3. The molecule has 0 spiro atoms. The average molecular weight is 294 g/mol. The first-order valence-electron chi connectivity index (χ1n) is 8.16. The highest BCUT2D eigenvalue weighted by molar-refractivity contribution is 5.37. The molecule has 0 aromatic heterocycles. The molecule has 1 fully saturated rings. The van der Waals surface area contributed by atoms with Crippen LogP contribution in [0.4, 0.5) is 0 Å². The molecule has 1 saturated heterocycles. The van der Waals surface area contributed by atoms with Crippen LogP contribution in [0.1, 0.15) is 29.6 Å². The summed E-state index contributed by atoms with van der Waals surface area (Å²) < 4.78 is 5.81. The molecule has 22 heavy (non-hydrogen) atoms. The third kappa shape index (κ3) is 2.62. The maximum atomic E-state index is 5.81. The summed E-state index contributed by atoms with van der Waals surface area (Å²) in [7, 11) is 0. The van der Waals surface area contributed by atoms with Gasteiger partial charge in [-0.05, 0) is 11.6 Å². The van der Waals surface area contributed by atoms with Gasteiger partial charge in [0.05, 0.1) is 6.61 Å². The van der Waals surface area contributed by atoms with Gasteiger partial charge in [0.15, 0.2) is 0 Å². The minimum atomic E-state index is 0.421. The van der Waals surface area contributed by atoms with Crippen molar-refractivity contribution in [1.29, 1.82) is 0 Å². The van der Waals surface area contributed by atoms with E-state index in [4.69, 9.17) is 4.74 Å². The van der Waals surface area contributed by atoms with Crippen LogP contribution in [0.5, 0.6) is 5.75 Å². The van der Waals surface area contributed by atoms with Crippen LogP contribution in [0.25, 0.3) is 0 Å². The van der Waals surface area contributed by atoms with Crippen molar-refractivity contribution in [3.05, 3.63) is 65.7 Å². The summed E-state index contributed by atoms with van der Waals surface area (Å²) in [6, 6.07) is 20.2. The van der Waals surface area contributed by atoms with Crippen LogP contribution in [0, 0.1) is 0 Å². The van der Waals surface area contributed by atoms with Gasteiger partial charge in [0.25, 0.3) is 0 Å². The maximum Gasteiger partial charge on any atom is 0.124 e.